The molecular formula is C23H34O6. The number of aliphatic hydroxyl groups is 2. The number of esters is 1. The molecule has 8 atom stereocenters. The Hall–Kier alpha value is -1.27. The first-order valence-electron chi connectivity index (χ1n) is 11.0. The zero-order chi connectivity index (χ0) is 21.4. The highest BCUT2D eigenvalue weighted by Gasteiger charge is 2.71. The second-order valence-corrected chi connectivity index (χ2v) is 10.7. The molecule has 0 aromatic rings. The van der Waals surface area contributed by atoms with Gasteiger partial charge in [0, 0.05) is 30.6 Å². The van der Waals surface area contributed by atoms with E-state index >= 15 is 0 Å². The maximum absolute atomic E-state index is 12.4. The van der Waals surface area contributed by atoms with Crippen molar-refractivity contribution in [2.24, 2.45) is 28.6 Å². The van der Waals surface area contributed by atoms with E-state index in [1.807, 2.05) is 6.92 Å². The van der Waals surface area contributed by atoms with Crippen LogP contribution in [0.15, 0.2) is 0 Å². The zero-order valence-electron chi connectivity index (χ0n) is 18.0. The molecule has 0 saturated heterocycles. The molecule has 4 rings (SSSR count). The fraction of sp³-hybridized carbons (Fsp3) is 0.870. The van der Waals surface area contributed by atoms with E-state index in [4.69, 9.17) is 4.74 Å². The van der Waals surface area contributed by atoms with Crippen LogP contribution in [0, 0.1) is 28.6 Å². The van der Waals surface area contributed by atoms with Gasteiger partial charge in [0.25, 0.3) is 0 Å². The minimum absolute atomic E-state index is 0.0213. The van der Waals surface area contributed by atoms with E-state index in [0.717, 1.165) is 19.3 Å². The molecule has 0 spiro atoms. The first-order valence-corrected chi connectivity index (χ1v) is 11.0. The van der Waals surface area contributed by atoms with Crippen molar-refractivity contribution in [3.8, 4) is 0 Å². The lowest BCUT2D eigenvalue weighted by Crippen LogP contribution is -2.69. The van der Waals surface area contributed by atoms with Crippen molar-refractivity contribution in [2.45, 2.75) is 96.4 Å². The third kappa shape index (κ3) is 2.57. The Balaban J connectivity index is 1.76. The Morgan fingerprint density at radius 3 is 2.24 bits per heavy atom. The van der Waals surface area contributed by atoms with E-state index in [1.165, 1.54) is 13.8 Å². The number of ketones is 2. The van der Waals surface area contributed by atoms with Gasteiger partial charge in [-0.25, -0.2) is 0 Å². The Morgan fingerprint density at radius 2 is 1.62 bits per heavy atom. The standard InChI is InChI=1S/C23H34O6/c1-13(24)22(27)10-7-18-16-11-19(29-14(2)25)23(28)12-15(26)5-8-21(23,4)17(16)6-9-20(18,22)3/h16-19,27-28H,5-12H2,1-4H3/t16-,17+,18+,19-,20+,21-,22+,23+/m1/s1. The summed E-state index contributed by atoms with van der Waals surface area (Å²) in [6, 6.07) is 0. The van der Waals surface area contributed by atoms with Crippen molar-refractivity contribution in [3.63, 3.8) is 0 Å². The van der Waals surface area contributed by atoms with Crippen LogP contribution < -0.4 is 0 Å². The molecule has 0 aromatic carbocycles. The summed E-state index contributed by atoms with van der Waals surface area (Å²) in [5.74, 6) is -0.142. The molecule has 2 N–H and O–H groups in total. The highest BCUT2D eigenvalue weighted by Crippen LogP contribution is 2.69. The Morgan fingerprint density at radius 1 is 1.00 bits per heavy atom. The van der Waals surface area contributed by atoms with Crippen molar-refractivity contribution >= 4 is 17.5 Å². The van der Waals surface area contributed by atoms with Gasteiger partial charge < -0.3 is 14.9 Å². The average Bonchev–Trinajstić information content (AvgIpc) is 2.90. The highest BCUT2D eigenvalue weighted by molar-refractivity contribution is 5.86. The topological polar surface area (TPSA) is 101 Å². The van der Waals surface area contributed by atoms with Crippen LogP contribution in [0.25, 0.3) is 0 Å². The van der Waals surface area contributed by atoms with Gasteiger partial charge in [-0.2, -0.15) is 0 Å². The van der Waals surface area contributed by atoms with Gasteiger partial charge in [0.2, 0.25) is 0 Å². The first-order chi connectivity index (χ1) is 13.4. The maximum Gasteiger partial charge on any atom is 0.303 e. The Labute approximate surface area is 172 Å². The normalized spacial score (nSPS) is 51.6. The first kappa shape index (κ1) is 21.0. The van der Waals surface area contributed by atoms with Crippen LogP contribution in [-0.4, -0.2) is 45.1 Å². The molecule has 0 aromatic heterocycles. The highest BCUT2D eigenvalue weighted by atomic mass is 16.6. The minimum atomic E-state index is -1.35. The monoisotopic (exact) mass is 406 g/mol. The van der Waals surface area contributed by atoms with Crippen LogP contribution in [0.5, 0.6) is 0 Å². The van der Waals surface area contributed by atoms with Gasteiger partial charge in [0.1, 0.15) is 23.1 Å². The number of hydrogen-bond acceptors (Lipinski definition) is 6. The number of carbonyl (C=O) groups excluding carboxylic acids is 3. The summed E-state index contributed by atoms with van der Waals surface area (Å²) >= 11 is 0. The largest absolute Gasteiger partial charge is 0.459 e. The van der Waals surface area contributed by atoms with Crippen molar-refractivity contribution < 1.29 is 29.3 Å². The lowest BCUT2D eigenvalue weighted by Gasteiger charge is -2.65. The number of carbonyl (C=O) groups is 3. The molecule has 0 heterocycles. The average molecular weight is 407 g/mol. The molecule has 4 saturated carbocycles. The lowest BCUT2D eigenvalue weighted by molar-refractivity contribution is -0.258. The predicted octanol–water partition coefficient (Wildman–Crippen LogP) is 2.57. The molecular weight excluding hydrogens is 372 g/mol. The maximum atomic E-state index is 12.4. The third-order valence-corrected chi connectivity index (χ3v) is 9.70. The molecule has 6 nitrogen and oxygen atoms in total. The van der Waals surface area contributed by atoms with Crippen molar-refractivity contribution in [1.82, 2.24) is 0 Å². The van der Waals surface area contributed by atoms with Crippen LogP contribution in [0.1, 0.15) is 79.1 Å². The second-order valence-electron chi connectivity index (χ2n) is 10.7. The Kier molecular flexibility index (Phi) is 4.60. The van der Waals surface area contributed by atoms with E-state index < -0.39 is 34.1 Å². The molecule has 0 bridgehead atoms. The van der Waals surface area contributed by atoms with Gasteiger partial charge in [-0.05, 0) is 63.2 Å². The fourth-order valence-electron chi connectivity index (χ4n) is 7.98. The molecule has 162 valence electrons. The van der Waals surface area contributed by atoms with Crippen molar-refractivity contribution in [1.29, 1.82) is 0 Å². The van der Waals surface area contributed by atoms with E-state index in [2.05, 4.69) is 6.92 Å². The molecule has 4 aliphatic rings. The summed E-state index contributed by atoms with van der Waals surface area (Å²) in [6.07, 6.45) is 3.56. The molecule has 29 heavy (non-hydrogen) atoms. The van der Waals surface area contributed by atoms with Gasteiger partial charge in [-0.15, -0.1) is 0 Å². The smallest absolute Gasteiger partial charge is 0.303 e. The number of ether oxygens (including phenoxy) is 1. The molecule has 0 amide bonds. The summed E-state index contributed by atoms with van der Waals surface area (Å²) in [5.41, 5.74) is -3.69. The number of Topliss-reactive ketones (excluding diaryl/α,β-unsaturated/α-hetero) is 2. The minimum Gasteiger partial charge on any atom is -0.459 e. The van der Waals surface area contributed by atoms with Crippen LogP contribution in [0.4, 0.5) is 0 Å². The van der Waals surface area contributed by atoms with E-state index in [0.29, 0.717) is 25.7 Å². The third-order valence-electron chi connectivity index (χ3n) is 9.70. The van der Waals surface area contributed by atoms with Gasteiger partial charge in [-0.1, -0.05) is 13.8 Å². The van der Waals surface area contributed by atoms with Crippen LogP contribution in [-0.2, 0) is 19.1 Å². The van der Waals surface area contributed by atoms with Crippen LogP contribution in [0.3, 0.4) is 0 Å². The number of rotatable bonds is 2. The van der Waals surface area contributed by atoms with E-state index in [9.17, 15) is 24.6 Å². The summed E-state index contributed by atoms with van der Waals surface area (Å²) in [5, 5.41) is 23.0. The van der Waals surface area contributed by atoms with Gasteiger partial charge in [0.15, 0.2) is 5.78 Å². The van der Waals surface area contributed by atoms with Gasteiger partial charge in [0.05, 0.1) is 0 Å². The van der Waals surface area contributed by atoms with E-state index in [1.54, 1.807) is 0 Å². The lowest BCUT2D eigenvalue weighted by atomic mass is 9.42. The fourth-order valence-corrected chi connectivity index (χ4v) is 7.98. The zero-order valence-corrected chi connectivity index (χ0v) is 18.0. The second kappa shape index (κ2) is 6.36. The predicted molar refractivity (Wildman–Crippen MR) is 105 cm³/mol. The number of fused-ring (bicyclic) bond motifs is 5. The molecule has 0 radical (unpaired) electrons. The molecule has 0 aliphatic heterocycles. The van der Waals surface area contributed by atoms with Crippen LogP contribution in [0.2, 0.25) is 0 Å². The van der Waals surface area contributed by atoms with Crippen molar-refractivity contribution in [3.05, 3.63) is 0 Å². The quantitative estimate of drug-likeness (QED) is 0.684. The van der Waals surface area contributed by atoms with E-state index in [-0.39, 0.29) is 35.7 Å². The molecule has 6 heteroatoms. The van der Waals surface area contributed by atoms with Crippen molar-refractivity contribution in [2.75, 3.05) is 0 Å². The SMILES string of the molecule is CC(=O)O[C@@H]1C[C@H]2[C@@H]3CC[C@](O)(C(C)=O)[C@@]3(C)CC[C@@H]2[C@@]2(C)CCC(=O)C[C@]12O. The number of hydrogen-bond donors (Lipinski definition) is 2. The molecule has 4 aliphatic carbocycles. The Bertz CT molecular complexity index is 762. The summed E-state index contributed by atoms with van der Waals surface area (Å²) < 4.78 is 5.64. The summed E-state index contributed by atoms with van der Waals surface area (Å²) in [6.45, 7) is 6.92. The van der Waals surface area contributed by atoms with Crippen LogP contribution >= 0.6 is 0 Å². The van der Waals surface area contributed by atoms with Gasteiger partial charge >= 0.3 is 5.97 Å². The molecule has 4 fully saturated rings. The van der Waals surface area contributed by atoms with Gasteiger partial charge in [-0.3, -0.25) is 14.4 Å². The summed E-state index contributed by atoms with van der Waals surface area (Å²) in [7, 11) is 0. The molecule has 0 unspecified atom stereocenters. The summed E-state index contributed by atoms with van der Waals surface area (Å²) in [4.78, 5) is 36.5.